The summed E-state index contributed by atoms with van der Waals surface area (Å²) in [4.78, 5) is 16.9. The van der Waals surface area contributed by atoms with E-state index in [9.17, 15) is 9.90 Å². The van der Waals surface area contributed by atoms with Crippen molar-refractivity contribution < 1.29 is 23.5 Å². The van der Waals surface area contributed by atoms with Gasteiger partial charge in [-0.3, -0.25) is 4.79 Å². The van der Waals surface area contributed by atoms with Crippen molar-refractivity contribution in [2.24, 2.45) is 0 Å². The highest BCUT2D eigenvalue weighted by Gasteiger charge is 2.22. The Hall–Kier alpha value is -4.11. The fourth-order valence-electron chi connectivity index (χ4n) is 3.23. The monoisotopic (exact) mass is 458 g/mol. The maximum absolute atomic E-state index is 12.5. The van der Waals surface area contributed by atoms with Crippen LogP contribution in [-0.2, 0) is 4.79 Å². The van der Waals surface area contributed by atoms with Gasteiger partial charge in [0, 0.05) is 23.4 Å². The molecule has 0 bridgehead atoms. The topological polar surface area (TPSA) is 108 Å². The highest BCUT2D eigenvalue weighted by Crippen LogP contribution is 2.26. The van der Waals surface area contributed by atoms with E-state index in [4.69, 9.17) is 8.94 Å². The smallest absolute Gasteiger partial charge is 0.298 e. The predicted molar refractivity (Wildman–Crippen MR) is 121 cm³/mol. The van der Waals surface area contributed by atoms with Crippen LogP contribution in [0, 0.1) is 6.92 Å². The SMILES string of the molecule is Cc1ccc(-[n+]2noc([O-])c2SCC(=O)Nc2ccc(-c3nc4ccccc4o3)cc2)cc1. The third-order valence-corrected chi connectivity index (χ3v) is 5.92. The van der Waals surface area contributed by atoms with E-state index >= 15 is 0 Å². The average molecular weight is 458 g/mol. The summed E-state index contributed by atoms with van der Waals surface area (Å²) in [7, 11) is 0. The molecule has 2 aromatic heterocycles. The minimum absolute atomic E-state index is 0.0230. The third kappa shape index (κ3) is 4.44. The largest absolute Gasteiger partial charge is 0.538 e. The zero-order chi connectivity index (χ0) is 22.8. The van der Waals surface area contributed by atoms with Crippen LogP contribution in [0.5, 0.6) is 5.95 Å². The van der Waals surface area contributed by atoms with Crippen LogP contribution in [-0.4, -0.2) is 21.9 Å². The number of para-hydroxylation sites is 2. The minimum Gasteiger partial charge on any atom is -0.538 e. The molecule has 2 heterocycles. The van der Waals surface area contributed by atoms with Crippen LogP contribution in [0.25, 0.3) is 28.2 Å². The van der Waals surface area contributed by atoms with Crippen molar-refractivity contribution in [3.05, 3.63) is 78.4 Å². The fraction of sp³-hybridized carbons (Fsp3) is 0.0833. The second-order valence-corrected chi connectivity index (χ2v) is 8.28. The summed E-state index contributed by atoms with van der Waals surface area (Å²) in [5.41, 5.74) is 4.70. The molecule has 0 aliphatic heterocycles. The van der Waals surface area contributed by atoms with Gasteiger partial charge in [0.05, 0.1) is 11.0 Å². The summed E-state index contributed by atoms with van der Waals surface area (Å²) < 4.78 is 12.0. The summed E-state index contributed by atoms with van der Waals surface area (Å²) in [5, 5.41) is 18.9. The molecule has 1 amide bonds. The first kappa shape index (κ1) is 20.8. The first-order valence-electron chi connectivity index (χ1n) is 10.1. The molecule has 3 aromatic carbocycles. The molecule has 0 aliphatic rings. The average Bonchev–Trinajstić information content (AvgIpc) is 3.42. The number of hydrogen-bond acceptors (Lipinski definition) is 7. The normalized spacial score (nSPS) is 11.1. The van der Waals surface area contributed by atoms with Crippen LogP contribution >= 0.6 is 11.8 Å². The fourth-order valence-corrected chi connectivity index (χ4v) is 3.99. The van der Waals surface area contributed by atoms with Crippen LogP contribution in [0.15, 0.2) is 86.8 Å². The van der Waals surface area contributed by atoms with Crippen molar-refractivity contribution in [3.63, 3.8) is 0 Å². The maximum Gasteiger partial charge on any atom is 0.298 e. The molecular weight excluding hydrogens is 440 g/mol. The second kappa shape index (κ2) is 8.79. The summed E-state index contributed by atoms with van der Waals surface area (Å²) in [5.74, 6) is -0.308. The van der Waals surface area contributed by atoms with Crippen LogP contribution < -0.4 is 15.1 Å². The number of carbonyl (C=O) groups is 1. The molecule has 0 saturated heterocycles. The highest BCUT2D eigenvalue weighted by atomic mass is 32.2. The molecular formula is C24H18N4O4S. The van der Waals surface area contributed by atoms with Gasteiger partial charge < -0.3 is 19.4 Å². The van der Waals surface area contributed by atoms with Gasteiger partial charge in [-0.2, -0.15) is 0 Å². The lowest BCUT2D eigenvalue weighted by atomic mass is 10.2. The van der Waals surface area contributed by atoms with E-state index in [0.29, 0.717) is 17.3 Å². The van der Waals surface area contributed by atoms with E-state index in [-0.39, 0.29) is 16.7 Å². The van der Waals surface area contributed by atoms with Crippen molar-refractivity contribution in [2.45, 2.75) is 11.9 Å². The van der Waals surface area contributed by atoms with Gasteiger partial charge >= 0.3 is 0 Å². The Morgan fingerprint density at radius 1 is 1.06 bits per heavy atom. The lowest BCUT2D eigenvalue weighted by Crippen LogP contribution is -2.35. The quantitative estimate of drug-likeness (QED) is 0.304. The molecule has 0 aliphatic carbocycles. The molecule has 0 saturated carbocycles. The Bertz CT molecular complexity index is 1390. The number of rotatable bonds is 6. The van der Waals surface area contributed by atoms with Crippen molar-refractivity contribution >= 4 is 34.5 Å². The molecule has 0 fully saturated rings. The Kier molecular flexibility index (Phi) is 5.54. The number of nitrogens with zero attached hydrogens (tertiary/aromatic N) is 3. The van der Waals surface area contributed by atoms with Gasteiger partial charge in [-0.15, -0.1) is 0 Å². The molecule has 9 heteroatoms. The van der Waals surface area contributed by atoms with E-state index in [1.807, 2.05) is 67.6 Å². The first-order chi connectivity index (χ1) is 16.1. The number of oxazole rings is 1. The van der Waals surface area contributed by atoms with Gasteiger partial charge in [-0.25, -0.2) is 4.98 Å². The van der Waals surface area contributed by atoms with Crippen LogP contribution in [0.1, 0.15) is 5.56 Å². The summed E-state index contributed by atoms with van der Waals surface area (Å²) in [6, 6.07) is 22.2. The Balaban J connectivity index is 1.24. The number of nitrogens with one attached hydrogen (secondary N) is 1. The van der Waals surface area contributed by atoms with Gasteiger partial charge in [0.2, 0.25) is 17.5 Å². The number of anilines is 1. The molecule has 0 spiro atoms. The number of benzene rings is 3. The zero-order valence-electron chi connectivity index (χ0n) is 17.5. The van der Waals surface area contributed by atoms with Gasteiger partial charge in [0.25, 0.3) is 5.03 Å². The van der Waals surface area contributed by atoms with Crippen LogP contribution in [0.3, 0.4) is 0 Å². The molecule has 5 rings (SSSR count). The lowest BCUT2D eigenvalue weighted by Gasteiger charge is -2.05. The first-order valence-corrected chi connectivity index (χ1v) is 11.1. The van der Waals surface area contributed by atoms with Gasteiger partial charge in [-0.1, -0.05) is 29.8 Å². The maximum atomic E-state index is 12.5. The number of aromatic nitrogens is 3. The predicted octanol–water partition coefficient (Wildman–Crippen LogP) is 3.87. The Morgan fingerprint density at radius 3 is 2.58 bits per heavy atom. The number of hydrogen-bond donors (Lipinski definition) is 1. The summed E-state index contributed by atoms with van der Waals surface area (Å²) in [6.07, 6.45) is 0. The molecule has 0 unspecified atom stereocenters. The van der Waals surface area contributed by atoms with E-state index < -0.39 is 5.95 Å². The standard InChI is InChI=1S/C24H18N4O4S/c1-15-6-12-18(13-7-15)28-23(24(30)32-27-28)33-14-21(29)25-17-10-8-16(9-11-17)22-26-19-4-2-3-5-20(19)31-22/h2-13H,14H2,1H3,(H-,25,26,27,29,30). The Morgan fingerprint density at radius 2 is 1.82 bits per heavy atom. The number of fused-ring (bicyclic) bond motifs is 1. The van der Waals surface area contributed by atoms with Crippen molar-refractivity contribution in [3.8, 4) is 23.1 Å². The highest BCUT2D eigenvalue weighted by molar-refractivity contribution is 7.99. The summed E-state index contributed by atoms with van der Waals surface area (Å²) >= 11 is 1.07. The van der Waals surface area contributed by atoms with Crippen molar-refractivity contribution in [2.75, 3.05) is 11.1 Å². The van der Waals surface area contributed by atoms with Gasteiger partial charge in [0.1, 0.15) is 5.52 Å². The lowest BCUT2D eigenvalue weighted by molar-refractivity contribution is -0.705. The number of aryl methyl sites for hydroxylation is 1. The minimum atomic E-state index is -0.587. The molecule has 5 aromatic rings. The van der Waals surface area contributed by atoms with Gasteiger partial charge in [-0.05, 0) is 59.8 Å². The van der Waals surface area contributed by atoms with Crippen LogP contribution in [0.4, 0.5) is 5.69 Å². The van der Waals surface area contributed by atoms with E-state index in [0.717, 1.165) is 34.0 Å². The summed E-state index contributed by atoms with van der Waals surface area (Å²) in [6.45, 7) is 1.97. The van der Waals surface area contributed by atoms with Crippen molar-refractivity contribution in [1.82, 2.24) is 10.3 Å². The molecule has 0 radical (unpaired) electrons. The number of carbonyl (C=O) groups excluding carboxylic acids is 1. The number of thioether (sulfide) groups is 1. The van der Waals surface area contributed by atoms with Crippen LogP contribution in [0.2, 0.25) is 0 Å². The Labute approximate surface area is 192 Å². The third-order valence-electron chi connectivity index (χ3n) is 4.90. The van der Waals surface area contributed by atoms with Crippen molar-refractivity contribution in [1.29, 1.82) is 0 Å². The molecule has 164 valence electrons. The molecule has 1 N–H and O–H groups in total. The van der Waals surface area contributed by atoms with E-state index in [2.05, 4.69) is 15.6 Å². The van der Waals surface area contributed by atoms with E-state index in [1.165, 1.54) is 4.68 Å². The number of amides is 1. The molecule has 33 heavy (non-hydrogen) atoms. The molecule has 0 atom stereocenters. The van der Waals surface area contributed by atoms with Gasteiger partial charge in [0.15, 0.2) is 11.5 Å². The molecule has 8 nitrogen and oxygen atoms in total. The zero-order valence-corrected chi connectivity index (χ0v) is 18.3. The van der Waals surface area contributed by atoms with E-state index in [1.54, 1.807) is 12.1 Å². The second-order valence-electron chi connectivity index (χ2n) is 7.31.